The molecule has 3 rings (SSSR count). The first-order valence-electron chi connectivity index (χ1n) is 10.0. The number of hydrogen-bond donors (Lipinski definition) is 1. The Morgan fingerprint density at radius 2 is 1.61 bits per heavy atom. The highest BCUT2D eigenvalue weighted by Crippen LogP contribution is 2.30. The molecule has 1 unspecified atom stereocenters. The van der Waals surface area contributed by atoms with Crippen LogP contribution in [-0.4, -0.2) is 36.5 Å². The minimum absolute atomic E-state index is 0.0653. The standard InChI is InChI=1S/C23H28F2N2O/c1-17-16-27(15-14-26-17)23(28)5-3-2-4-22(18-6-10-20(24)11-7-18)19-8-12-21(25)13-9-19/h6-13,17,22,26H,2-5,14-16H2,1H3. The van der Waals surface area contributed by atoms with Crippen LogP contribution < -0.4 is 5.32 Å². The summed E-state index contributed by atoms with van der Waals surface area (Å²) in [7, 11) is 0. The summed E-state index contributed by atoms with van der Waals surface area (Å²) in [5.41, 5.74) is 2.02. The first-order valence-corrected chi connectivity index (χ1v) is 10.0. The molecule has 1 saturated heterocycles. The van der Waals surface area contributed by atoms with Crippen LogP contribution in [0.3, 0.4) is 0 Å². The van der Waals surface area contributed by atoms with Gasteiger partial charge in [-0.05, 0) is 55.2 Å². The summed E-state index contributed by atoms with van der Waals surface area (Å²) in [6.45, 7) is 4.49. The Bertz CT molecular complexity index is 716. The molecule has 1 aliphatic heterocycles. The first-order chi connectivity index (χ1) is 13.5. The van der Waals surface area contributed by atoms with E-state index in [1.165, 1.54) is 24.3 Å². The largest absolute Gasteiger partial charge is 0.340 e. The van der Waals surface area contributed by atoms with Crippen LogP contribution in [0, 0.1) is 11.6 Å². The van der Waals surface area contributed by atoms with Gasteiger partial charge < -0.3 is 10.2 Å². The van der Waals surface area contributed by atoms with Gasteiger partial charge in [0.05, 0.1) is 0 Å². The van der Waals surface area contributed by atoms with Crippen molar-refractivity contribution >= 4 is 5.91 Å². The van der Waals surface area contributed by atoms with Gasteiger partial charge in [0.15, 0.2) is 0 Å². The van der Waals surface area contributed by atoms with Gasteiger partial charge in [-0.25, -0.2) is 8.78 Å². The smallest absolute Gasteiger partial charge is 0.222 e. The van der Waals surface area contributed by atoms with Gasteiger partial charge in [-0.2, -0.15) is 0 Å². The van der Waals surface area contributed by atoms with Crippen LogP contribution in [0.15, 0.2) is 48.5 Å². The highest BCUT2D eigenvalue weighted by atomic mass is 19.1. The second-order valence-electron chi connectivity index (χ2n) is 7.60. The van der Waals surface area contributed by atoms with E-state index < -0.39 is 0 Å². The number of carbonyl (C=O) groups excluding carboxylic acids is 1. The molecule has 1 fully saturated rings. The Balaban J connectivity index is 1.58. The molecule has 0 spiro atoms. The molecule has 0 bridgehead atoms. The quantitative estimate of drug-likeness (QED) is 0.712. The molecule has 0 aliphatic carbocycles. The maximum Gasteiger partial charge on any atom is 0.222 e. The highest BCUT2D eigenvalue weighted by Gasteiger charge is 2.20. The van der Waals surface area contributed by atoms with Crippen molar-refractivity contribution in [1.82, 2.24) is 10.2 Å². The fraction of sp³-hybridized carbons (Fsp3) is 0.435. The fourth-order valence-electron chi connectivity index (χ4n) is 3.86. The number of rotatable bonds is 7. The maximum atomic E-state index is 13.3. The molecular weight excluding hydrogens is 358 g/mol. The molecular formula is C23H28F2N2O. The predicted molar refractivity (Wildman–Crippen MR) is 107 cm³/mol. The van der Waals surface area contributed by atoms with Gasteiger partial charge in [-0.15, -0.1) is 0 Å². The third-order valence-electron chi connectivity index (χ3n) is 5.40. The molecule has 28 heavy (non-hydrogen) atoms. The van der Waals surface area contributed by atoms with E-state index in [2.05, 4.69) is 12.2 Å². The number of unbranched alkanes of at least 4 members (excludes halogenated alkanes) is 1. The van der Waals surface area contributed by atoms with E-state index in [1.54, 1.807) is 24.3 Å². The minimum atomic E-state index is -0.266. The van der Waals surface area contributed by atoms with Crippen molar-refractivity contribution in [2.24, 2.45) is 0 Å². The van der Waals surface area contributed by atoms with Gasteiger partial charge >= 0.3 is 0 Å². The maximum absolute atomic E-state index is 13.3. The summed E-state index contributed by atoms with van der Waals surface area (Å²) >= 11 is 0. The average Bonchev–Trinajstić information content (AvgIpc) is 2.70. The van der Waals surface area contributed by atoms with Crippen LogP contribution in [0.2, 0.25) is 0 Å². The molecule has 1 heterocycles. The Morgan fingerprint density at radius 1 is 1.04 bits per heavy atom. The number of piperazine rings is 1. The molecule has 0 radical (unpaired) electrons. The number of benzene rings is 2. The van der Waals surface area contributed by atoms with E-state index in [-0.39, 0.29) is 23.5 Å². The second kappa shape index (κ2) is 9.78. The molecule has 0 aromatic heterocycles. The van der Waals surface area contributed by atoms with Gasteiger partial charge in [-0.1, -0.05) is 30.7 Å². The molecule has 3 nitrogen and oxygen atoms in total. The van der Waals surface area contributed by atoms with E-state index >= 15 is 0 Å². The lowest BCUT2D eigenvalue weighted by Crippen LogP contribution is -2.51. The normalized spacial score (nSPS) is 17.1. The van der Waals surface area contributed by atoms with E-state index in [0.717, 1.165) is 50.0 Å². The molecule has 1 N–H and O–H groups in total. The summed E-state index contributed by atoms with van der Waals surface area (Å²) < 4.78 is 26.6. The first kappa shape index (κ1) is 20.5. The van der Waals surface area contributed by atoms with Crippen molar-refractivity contribution in [1.29, 1.82) is 0 Å². The van der Waals surface area contributed by atoms with Crippen LogP contribution >= 0.6 is 0 Å². The molecule has 2 aromatic rings. The van der Waals surface area contributed by atoms with E-state index in [0.29, 0.717) is 12.5 Å². The monoisotopic (exact) mass is 386 g/mol. The number of nitrogens with zero attached hydrogens (tertiary/aromatic N) is 1. The highest BCUT2D eigenvalue weighted by molar-refractivity contribution is 5.76. The molecule has 150 valence electrons. The minimum Gasteiger partial charge on any atom is -0.340 e. The van der Waals surface area contributed by atoms with Gasteiger partial charge in [0.2, 0.25) is 5.91 Å². The summed E-state index contributed by atoms with van der Waals surface area (Å²) in [5.74, 6) is -0.251. The van der Waals surface area contributed by atoms with Crippen LogP contribution in [-0.2, 0) is 4.79 Å². The van der Waals surface area contributed by atoms with E-state index in [9.17, 15) is 13.6 Å². The number of halogens is 2. The zero-order valence-corrected chi connectivity index (χ0v) is 16.3. The lowest BCUT2D eigenvalue weighted by atomic mass is 9.87. The zero-order valence-electron chi connectivity index (χ0n) is 16.3. The third kappa shape index (κ3) is 5.61. The van der Waals surface area contributed by atoms with Crippen molar-refractivity contribution in [2.45, 2.75) is 44.6 Å². The SMILES string of the molecule is CC1CN(C(=O)CCCCC(c2ccc(F)cc2)c2ccc(F)cc2)CCN1. The molecule has 0 saturated carbocycles. The van der Waals surface area contributed by atoms with Crippen LogP contribution in [0.25, 0.3) is 0 Å². The number of amides is 1. The van der Waals surface area contributed by atoms with E-state index in [1.807, 2.05) is 4.90 Å². The predicted octanol–water partition coefficient (Wildman–Crippen LogP) is 4.48. The van der Waals surface area contributed by atoms with Crippen molar-refractivity contribution in [3.8, 4) is 0 Å². The number of nitrogens with one attached hydrogen (secondary N) is 1. The van der Waals surface area contributed by atoms with E-state index in [4.69, 9.17) is 0 Å². The van der Waals surface area contributed by atoms with Gasteiger partial charge in [0.1, 0.15) is 11.6 Å². The molecule has 1 atom stereocenters. The van der Waals surface area contributed by atoms with Gasteiger partial charge in [0, 0.05) is 38.0 Å². The van der Waals surface area contributed by atoms with Gasteiger partial charge in [0.25, 0.3) is 0 Å². The van der Waals surface area contributed by atoms with Crippen molar-refractivity contribution in [2.75, 3.05) is 19.6 Å². The van der Waals surface area contributed by atoms with Crippen LogP contribution in [0.4, 0.5) is 8.78 Å². The van der Waals surface area contributed by atoms with Crippen molar-refractivity contribution < 1.29 is 13.6 Å². The topological polar surface area (TPSA) is 32.3 Å². The third-order valence-corrected chi connectivity index (χ3v) is 5.40. The molecule has 1 amide bonds. The molecule has 2 aromatic carbocycles. The Hall–Kier alpha value is -2.27. The zero-order chi connectivity index (χ0) is 19.9. The number of carbonyl (C=O) groups is 1. The lowest BCUT2D eigenvalue weighted by molar-refractivity contribution is -0.132. The van der Waals surface area contributed by atoms with Crippen molar-refractivity contribution in [3.63, 3.8) is 0 Å². The molecule has 1 aliphatic rings. The lowest BCUT2D eigenvalue weighted by Gasteiger charge is -2.32. The second-order valence-corrected chi connectivity index (χ2v) is 7.60. The summed E-state index contributed by atoms with van der Waals surface area (Å²) in [5, 5.41) is 3.35. The number of hydrogen-bond acceptors (Lipinski definition) is 2. The Kier molecular flexibility index (Phi) is 7.15. The van der Waals surface area contributed by atoms with Crippen molar-refractivity contribution in [3.05, 3.63) is 71.3 Å². The summed E-state index contributed by atoms with van der Waals surface area (Å²) in [4.78, 5) is 14.4. The van der Waals surface area contributed by atoms with Crippen LogP contribution in [0.5, 0.6) is 0 Å². The fourth-order valence-corrected chi connectivity index (χ4v) is 3.86. The average molecular weight is 386 g/mol. The summed E-state index contributed by atoms with van der Waals surface area (Å²) in [6, 6.07) is 13.3. The van der Waals surface area contributed by atoms with Gasteiger partial charge in [-0.3, -0.25) is 4.79 Å². The summed E-state index contributed by atoms with van der Waals surface area (Å²) in [6.07, 6.45) is 3.08. The Labute approximate surface area is 165 Å². The molecule has 5 heteroatoms. The Morgan fingerprint density at radius 3 is 2.14 bits per heavy atom. The van der Waals surface area contributed by atoms with Crippen LogP contribution in [0.1, 0.15) is 49.7 Å².